The van der Waals surface area contributed by atoms with Crippen LogP contribution in [-0.4, -0.2) is 56.9 Å². The van der Waals surface area contributed by atoms with Gasteiger partial charge in [0, 0.05) is 38.0 Å². The average Bonchev–Trinajstić information content (AvgIpc) is 3.43. The number of nitrogens with zero attached hydrogens (tertiary/aromatic N) is 2. The van der Waals surface area contributed by atoms with Gasteiger partial charge in [-0.3, -0.25) is 9.59 Å². The number of carbonyl (C=O) groups excluding carboxylic acids is 2. The van der Waals surface area contributed by atoms with E-state index in [2.05, 4.69) is 0 Å². The molecule has 0 spiro atoms. The number of likely N-dealkylation sites (tertiary alicyclic amines) is 1. The summed E-state index contributed by atoms with van der Waals surface area (Å²) in [5.41, 5.74) is 1.39. The normalized spacial score (nSPS) is 20.5. The van der Waals surface area contributed by atoms with Gasteiger partial charge in [0.15, 0.2) is 17.8 Å². The van der Waals surface area contributed by atoms with E-state index in [0.717, 1.165) is 18.4 Å². The van der Waals surface area contributed by atoms with Crippen LogP contribution in [0, 0.1) is 5.82 Å². The van der Waals surface area contributed by atoms with Gasteiger partial charge in [0.2, 0.25) is 11.8 Å². The smallest absolute Gasteiger partial charge is 0.246 e. The predicted molar refractivity (Wildman–Crippen MR) is 116 cm³/mol. The molecule has 2 aliphatic heterocycles. The van der Waals surface area contributed by atoms with E-state index in [1.165, 1.54) is 17.0 Å². The number of amides is 2. The molecule has 7 nitrogen and oxygen atoms in total. The SMILES string of the molecule is COc1ccc([C@@H]2CC(=O)N(CC(=O)N(C)c3cccc(F)c3)C2)cc1OC1CCCO1. The Bertz CT molecular complexity index is 992. The third-order valence-corrected chi connectivity index (χ3v) is 5.92. The lowest BCUT2D eigenvalue weighted by atomic mass is 9.98. The first-order valence-corrected chi connectivity index (χ1v) is 10.7. The Hall–Kier alpha value is -3.13. The molecule has 2 heterocycles. The van der Waals surface area contributed by atoms with Crippen molar-refractivity contribution in [1.82, 2.24) is 4.90 Å². The Balaban J connectivity index is 1.43. The van der Waals surface area contributed by atoms with E-state index >= 15 is 0 Å². The van der Waals surface area contributed by atoms with Crippen LogP contribution < -0.4 is 14.4 Å². The quantitative estimate of drug-likeness (QED) is 0.658. The van der Waals surface area contributed by atoms with Crippen LogP contribution in [0.5, 0.6) is 11.5 Å². The van der Waals surface area contributed by atoms with Crippen molar-refractivity contribution < 1.29 is 28.2 Å². The van der Waals surface area contributed by atoms with Crippen molar-refractivity contribution in [2.75, 3.05) is 38.8 Å². The molecule has 2 amide bonds. The molecule has 2 saturated heterocycles. The minimum Gasteiger partial charge on any atom is -0.493 e. The number of ether oxygens (including phenoxy) is 3. The molecule has 4 rings (SSSR count). The van der Waals surface area contributed by atoms with Crippen molar-refractivity contribution in [2.24, 2.45) is 0 Å². The predicted octanol–water partition coefficient (Wildman–Crippen LogP) is 3.33. The number of benzene rings is 2. The van der Waals surface area contributed by atoms with Crippen molar-refractivity contribution in [3.05, 3.63) is 53.8 Å². The van der Waals surface area contributed by atoms with Gasteiger partial charge in [-0.1, -0.05) is 12.1 Å². The standard InChI is InChI=1S/C24H27FN2O5/c1-26(19-6-3-5-18(25)13-19)23(29)15-27-14-17(12-22(27)28)16-8-9-20(30-2)21(11-16)32-24-7-4-10-31-24/h3,5-6,8-9,11,13,17,24H,4,7,10,12,14-15H2,1-2H3/t17-,24?/m1/s1. The van der Waals surface area contributed by atoms with Gasteiger partial charge in [-0.15, -0.1) is 0 Å². The molecule has 0 N–H and O–H groups in total. The van der Waals surface area contributed by atoms with Gasteiger partial charge in [0.1, 0.15) is 12.4 Å². The van der Waals surface area contributed by atoms with Crippen LogP contribution >= 0.6 is 0 Å². The summed E-state index contributed by atoms with van der Waals surface area (Å²) in [6.07, 6.45) is 1.79. The highest BCUT2D eigenvalue weighted by Gasteiger charge is 2.33. The minimum atomic E-state index is -0.417. The molecule has 0 radical (unpaired) electrons. The summed E-state index contributed by atoms with van der Waals surface area (Å²) in [4.78, 5) is 28.2. The zero-order valence-electron chi connectivity index (χ0n) is 18.3. The van der Waals surface area contributed by atoms with Gasteiger partial charge in [0.25, 0.3) is 0 Å². The highest BCUT2D eigenvalue weighted by Crippen LogP contribution is 2.36. The Kier molecular flexibility index (Phi) is 6.60. The van der Waals surface area contributed by atoms with Crippen molar-refractivity contribution in [1.29, 1.82) is 0 Å². The lowest BCUT2D eigenvalue weighted by molar-refractivity contribution is -0.132. The first kappa shape index (κ1) is 22.1. The molecule has 0 saturated carbocycles. The molecule has 1 unspecified atom stereocenters. The van der Waals surface area contributed by atoms with E-state index in [-0.39, 0.29) is 30.6 Å². The molecule has 0 aromatic heterocycles. The number of carbonyl (C=O) groups is 2. The number of rotatable bonds is 7. The molecule has 2 aromatic carbocycles. The fraction of sp³-hybridized carbons (Fsp3) is 0.417. The number of methoxy groups -OCH3 is 1. The number of halogens is 1. The monoisotopic (exact) mass is 442 g/mol. The summed E-state index contributed by atoms with van der Waals surface area (Å²) in [6, 6.07) is 11.5. The lowest BCUT2D eigenvalue weighted by Crippen LogP contribution is -2.39. The third-order valence-electron chi connectivity index (χ3n) is 5.92. The zero-order valence-corrected chi connectivity index (χ0v) is 18.3. The molecule has 32 heavy (non-hydrogen) atoms. The van der Waals surface area contributed by atoms with Crippen LogP contribution in [0.15, 0.2) is 42.5 Å². The molecule has 0 bridgehead atoms. The zero-order chi connectivity index (χ0) is 22.7. The van der Waals surface area contributed by atoms with Crippen LogP contribution in [0.3, 0.4) is 0 Å². The van der Waals surface area contributed by atoms with E-state index in [0.29, 0.717) is 36.8 Å². The average molecular weight is 442 g/mol. The van der Waals surface area contributed by atoms with Gasteiger partial charge < -0.3 is 24.0 Å². The highest BCUT2D eigenvalue weighted by atomic mass is 19.1. The lowest BCUT2D eigenvalue weighted by Gasteiger charge is -2.22. The number of hydrogen-bond donors (Lipinski definition) is 0. The second-order valence-corrected chi connectivity index (χ2v) is 8.08. The van der Waals surface area contributed by atoms with Gasteiger partial charge in [-0.2, -0.15) is 0 Å². The molecule has 2 aliphatic rings. The summed E-state index contributed by atoms with van der Waals surface area (Å²) in [5, 5.41) is 0. The van der Waals surface area contributed by atoms with Gasteiger partial charge in [-0.05, 0) is 42.3 Å². The third kappa shape index (κ3) is 4.85. The number of hydrogen-bond acceptors (Lipinski definition) is 5. The van der Waals surface area contributed by atoms with Gasteiger partial charge in [-0.25, -0.2) is 4.39 Å². The molecular formula is C24H27FN2O5. The molecule has 0 aliphatic carbocycles. The number of likely N-dealkylation sites (N-methyl/N-ethyl adjacent to an activating group) is 1. The first-order chi connectivity index (χ1) is 15.4. The second kappa shape index (κ2) is 9.56. The first-order valence-electron chi connectivity index (χ1n) is 10.7. The summed E-state index contributed by atoms with van der Waals surface area (Å²) in [6.45, 7) is 1.04. The summed E-state index contributed by atoms with van der Waals surface area (Å²) in [5.74, 6) is 0.352. The van der Waals surface area contributed by atoms with Crippen molar-refractivity contribution in [3.63, 3.8) is 0 Å². The van der Waals surface area contributed by atoms with E-state index in [4.69, 9.17) is 14.2 Å². The fourth-order valence-corrected chi connectivity index (χ4v) is 4.07. The van der Waals surface area contributed by atoms with E-state index in [1.807, 2.05) is 18.2 Å². The van der Waals surface area contributed by atoms with Gasteiger partial charge >= 0.3 is 0 Å². The van der Waals surface area contributed by atoms with Crippen LogP contribution in [0.2, 0.25) is 0 Å². The molecular weight excluding hydrogens is 415 g/mol. The van der Waals surface area contributed by atoms with Gasteiger partial charge in [0.05, 0.1) is 13.7 Å². The van der Waals surface area contributed by atoms with E-state index in [1.54, 1.807) is 31.2 Å². The van der Waals surface area contributed by atoms with Crippen molar-refractivity contribution in [2.45, 2.75) is 31.5 Å². The van der Waals surface area contributed by atoms with Crippen LogP contribution in [0.25, 0.3) is 0 Å². The Morgan fingerprint density at radius 1 is 1.25 bits per heavy atom. The minimum absolute atomic E-state index is 0.0578. The topological polar surface area (TPSA) is 68.3 Å². The number of anilines is 1. The molecule has 2 atom stereocenters. The van der Waals surface area contributed by atoms with Crippen LogP contribution in [0.1, 0.15) is 30.7 Å². The van der Waals surface area contributed by atoms with E-state index < -0.39 is 5.82 Å². The Morgan fingerprint density at radius 3 is 2.81 bits per heavy atom. The Labute approximate surface area is 186 Å². The largest absolute Gasteiger partial charge is 0.493 e. The van der Waals surface area contributed by atoms with Crippen LogP contribution in [-0.2, 0) is 14.3 Å². The summed E-state index contributed by atoms with van der Waals surface area (Å²) < 4.78 is 30.4. The second-order valence-electron chi connectivity index (χ2n) is 8.08. The Morgan fingerprint density at radius 2 is 2.09 bits per heavy atom. The molecule has 2 aromatic rings. The molecule has 170 valence electrons. The summed E-state index contributed by atoms with van der Waals surface area (Å²) in [7, 11) is 3.16. The van der Waals surface area contributed by atoms with Crippen molar-refractivity contribution in [3.8, 4) is 11.5 Å². The highest BCUT2D eigenvalue weighted by molar-refractivity contribution is 5.96. The molecule has 8 heteroatoms. The molecule has 2 fully saturated rings. The maximum Gasteiger partial charge on any atom is 0.246 e. The maximum atomic E-state index is 13.5. The van der Waals surface area contributed by atoms with Crippen LogP contribution in [0.4, 0.5) is 10.1 Å². The van der Waals surface area contributed by atoms with Crippen molar-refractivity contribution >= 4 is 17.5 Å². The fourth-order valence-electron chi connectivity index (χ4n) is 4.07. The maximum absolute atomic E-state index is 13.5. The van der Waals surface area contributed by atoms with E-state index in [9.17, 15) is 14.0 Å². The summed E-state index contributed by atoms with van der Waals surface area (Å²) >= 11 is 0.